The van der Waals surface area contributed by atoms with Crippen LogP contribution in [0.3, 0.4) is 0 Å². The van der Waals surface area contributed by atoms with Gasteiger partial charge in [-0.05, 0) is 33.5 Å². The lowest BCUT2D eigenvalue weighted by atomic mass is 10.2. The zero-order chi connectivity index (χ0) is 16.7. The number of hydrogen-bond donors (Lipinski definition) is 0. The Morgan fingerprint density at radius 2 is 1.96 bits per heavy atom. The van der Waals surface area contributed by atoms with E-state index in [1.54, 1.807) is 41.0 Å². The fraction of sp³-hybridized carbons (Fsp3) is 0.0667. The monoisotopic (exact) mass is 435 g/mol. The van der Waals surface area contributed by atoms with Crippen molar-refractivity contribution >= 4 is 39.3 Å². The molecule has 0 N–H and O–H groups in total. The first-order valence-electron chi connectivity index (χ1n) is 6.99. The van der Waals surface area contributed by atoms with Gasteiger partial charge in [-0.1, -0.05) is 0 Å². The van der Waals surface area contributed by atoms with Crippen molar-refractivity contribution < 1.29 is 14.3 Å². The number of rotatable bonds is 3. The van der Waals surface area contributed by atoms with Crippen LogP contribution in [0.25, 0.3) is 16.7 Å². The van der Waals surface area contributed by atoms with Crippen LogP contribution in [0.15, 0.2) is 48.9 Å². The fourth-order valence-electron chi connectivity index (χ4n) is 2.36. The number of benzene rings is 1. The highest BCUT2D eigenvalue weighted by Crippen LogP contribution is 2.21. The molecule has 4 aromatic rings. The molecule has 0 aliphatic heterocycles. The smallest absolute Gasteiger partial charge is 0.270 e. The van der Waals surface area contributed by atoms with Crippen LogP contribution in [0.2, 0.25) is 0 Å². The fourth-order valence-corrected chi connectivity index (χ4v) is 2.82. The Morgan fingerprint density at radius 1 is 1.17 bits per heavy atom. The average molecular weight is 435 g/mol. The molecule has 8 nitrogen and oxygen atoms in total. The highest BCUT2D eigenvalue weighted by Gasteiger charge is 2.15. The molecule has 0 aliphatic rings. The zero-order valence-corrected chi connectivity index (χ0v) is 14.3. The Kier molecular flexibility index (Phi) is 3.56. The number of pyridine rings is 1. The van der Waals surface area contributed by atoms with Crippen molar-refractivity contribution in [3.63, 3.8) is 0 Å². The summed E-state index contributed by atoms with van der Waals surface area (Å²) in [6, 6.07) is 8.48. The van der Waals surface area contributed by atoms with Crippen LogP contribution in [0.5, 0.6) is 5.75 Å². The number of ether oxygens (including phenoxy) is 1. The predicted octanol–water partition coefficient (Wildman–Crippen LogP) is 1.33. The van der Waals surface area contributed by atoms with Crippen LogP contribution >= 0.6 is 22.6 Å². The summed E-state index contributed by atoms with van der Waals surface area (Å²) >= 11 is 2.08. The summed E-state index contributed by atoms with van der Waals surface area (Å²) < 4.78 is 8.87. The molecule has 4 rings (SSSR count). The molecule has 120 valence electrons. The minimum Gasteiger partial charge on any atom is -0.619 e. The molecule has 0 bridgehead atoms. The van der Waals surface area contributed by atoms with Crippen molar-refractivity contribution in [2.45, 2.75) is 6.61 Å². The molecular formula is C15H10IN5O3. The largest absolute Gasteiger partial charge is 0.619 e. The van der Waals surface area contributed by atoms with Crippen molar-refractivity contribution in [1.82, 2.24) is 14.7 Å². The first-order chi connectivity index (χ1) is 11.6. The van der Waals surface area contributed by atoms with Crippen molar-refractivity contribution in [2.24, 2.45) is 0 Å². The van der Waals surface area contributed by atoms with E-state index in [2.05, 4.69) is 32.8 Å². The van der Waals surface area contributed by atoms with Crippen molar-refractivity contribution in [1.29, 1.82) is 0 Å². The lowest BCUT2D eigenvalue weighted by molar-refractivity contribution is -0.640. The Balaban J connectivity index is 1.71. The third kappa shape index (κ3) is 2.56. The van der Waals surface area contributed by atoms with Gasteiger partial charge in [-0.25, -0.2) is 4.52 Å². The summed E-state index contributed by atoms with van der Waals surface area (Å²) in [6.45, 7) is 0.314. The van der Waals surface area contributed by atoms with E-state index in [9.17, 15) is 10.4 Å². The van der Waals surface area contributed by atoms with Gasteiger partial charge in [0.25, 0.3) is 5.52 Å². The summed E-state index contributed by atoms with van der Waals surface area (Å²) in [5.74, 6) is 0.597. The van der Waals surface area contributed by atoms with E-state index in [-0.39, 0.29) is 0 Å². The van der Waals surface area contributed by atoms with Crippen LogP contribution < -0.4 is 14.3 Å². The molecule has 0 spiro atoms. The molecule has 3 heterocycles. The zero-order valence-electron chi connectivity index (χ0n) is 12.2. The topological polar surface area (TPSA) is 93.3 Å². The van der Waals surface area contributed by atoms with E-state index in [4.69, 9.17) is 4.74 Å². The summed E-state index contributed by atoms with van der Waals surface area (Å²) in [5.41, 5.74) is 2.38. The van der Waals surface area contributed by atoms with Crippen LogP contribution in [-0.4, -0.2) is 14.7 Å². The molecule has 9 heteroatoms. The molecule has 0 atom stereocenters. The molecule has 0 unspecified atom stereocenters. The molecule has 0 fully saturated rings. The second-order valence-electron chi connectivity index (χ2n) is 5.11. The van der Waals surface area contributed by atoms with E-state index >= 15 is 0 Å². The summed E-state index contributed by atoms with van der Waals surface area (Å²) in [7, 11) is 0. The highest BCUT2D eigenvalue weighted by atomic mass is 127. The maximum Gasteiger partial charge on any atom is 0.270 e. The first kappa shape index (κ1) is 14.9. The molecule has 24 heavy (non-hydrogen) atoms. The second-order valence-corrected chi connectivity index (χ2v) is 6.27. The standard InChI is InChI=1S/C15H10IN5O3/c16-12-8-17-20-14-7-11(1-2-13(14)21(23)18-15(12)20)24-9-10-3-5-19(22)6-4-10/h1-8H,9H2. The van der Waals surface area contributed by atoms with Gasteiger partial charge in [0.15, 0.2) is 12.4 Å². The first-order valence-corrected chi connectivity index (χ1v) is 8.07. The van der Waals surface area contributed by atoms with E-state index in [1.807, 2.05) is 0 Å². The Labute approximate surface area is 149 Å². The van der Waals surface area contributed by atoms with Gasteiger partial charge in [-0.2, -0.15) is 9.83 Å². The van der Waals surface area contributed by atoms with Crippen LogP contribution in [0.1, 0.15) is 5.56 Å². The Bertz CT molecular complexity index is 1050. The lowest BCUT2D eigenvalue weighted by Gasteiger charge is -2.07. The van der Waals surface area contributed by atoms with Crippen molar-refractivity contribution in [3.05, 3.63) is 68.5 Å². The van der Waals surface area contributed by atoms with E-state index in [1.165, 1.54) is 12.4 Å². The third-order valence-electron chi connectivity index (χ3n) is 3.54. The molecule has 0 saturated heterocycles. The molecule has 0 saturated carbocycles. The quantitative estimate of drug-likeness (QED) is 0.275. The number of hydrogen-bond acceptors (Lipinski definition) is 5. The van der Waals surface area contributed by atoms with Gasteiger partial charge in [-0.15, -0.1) is 0 Å². The maximum absolute atomic E-state index is 12.1. The van der Waals surface area contributed by atoms with Gasteiger partial charge in [0, 0.05) is 34.9 Å². The van der Waals surface area contributed by atoms with Gasteiger partial charge in [-0.3, -0.25) is 0 Å². The summed E-state index contributed by atoms with van der Waals surface area (Å²) in [5, 5.41) is 31.3. The molecule has 1 aromatic carbocycles. The average Bonchev–Trinajstić information content (AvgIpc) is 2.96. The normalized spacial score (nSPS) is 11.2. The molecule has 3 aromatic heterocycles. The predicted molar refractivity (Wildman–Crippen MR) is 91.9 cm³/mol. The van der Waals surface area contributed by atoms with Gasteiger partial charge in [0.1, 0.15) is 17.9 Å². The molecule has 0 aliphatic carbocycles. The van der Waals surface area contributed by atoms with Gasteiger partial charge < -0.3 is 15.2 Å². The Hall–Kier alpha value is -2.69. The van der Waals surface area contributed by atoms with Gasteiger partial charge >= 0.3 is 0 Å². The van der Waals surface area contributed by atoms with E-state index < -0.39 is 0 Å². The second kappa shape index (κ2) is 5.74. The van der Waals surface area contributed by atoms with Crippen molar-refractivity contribution in [3.8, 4) is 5.75 Å². The summed E-state index contributed by atoms with van der Waals surface area (Å²) in [6.07, 6.45) is 4.48. The molecule has 0 amide bonds. The minimum atomic E-state index is 0.314. The third-order valence-corrected chi connectivity index (χ3v) is 4.31. The van der Waals surface area contributed by atoms with Crippen LogP contribution in [0, 0.1) is 14.0 Å². The van der Waals surface area contributed by atoms with Gasteiger partial charge in [0.05, 0.1) is 9.77 Å². The minimum absolute atomic E-state index is 0.314. The van der Waals surface area contributed by atoms with E-state index in [0.29, 0.717) is 33.9 Å². The SMILES string of the molecule is [O-][n+]1ccc(COc2ccc3c(c2)n2ncc(I)c2n[n+]3[O-])cc1. The van der Waals surface area contributed by atoms with E-state index in [0.717, 1.165) is 13.9 Å². The number of aromatic nitrogens is 5. The van der Waals surface area contributed by atoms with Crippen LogP contribution in [-0.2, 0) is 6.61 Å². The molecular weight excluding hydrogens is 425 g/mol. The maximum atomic E-state index is 12.1. The highest BCUT2D eigenvalue weighted by molar-refractivity contribution is 14.1. The number of halogens is 1. The number of fused-ring (bicyclic) bond motifs is 3. The Morgan fingerprint density at radius 3 is 2.75 bits per heavy atom. The van der Waals surface area contributed by atoms with Crippen molar-refractivity contribution in [2.75, 3.05) is 0 Å². The number of nitrogens with zero attached hydrogens (tertiary/aromatic N) is 5. The van der Waals surface area contributed by atoms with Crippen LogP contribution in [0.4, 0.5) is 0 Å². The summed E-state index contributed by atoms with van der Waals surface area (Å²) in [4.78, 5) is 0.586. The van der Waals surface area contributed by atoms with Gasteiger partial charge in [0.2, 0.25) is 5.65 Å². The molecule has 0 radical (unpaired) electrons. The lowest BCUT2D eigenvalue weighted by Crippen LogP contribution is -2.33.